The van der Waals surface area contributed by atoms with Crippen LogP contribution in [0.5, 0.6) is 0 Å². The molecule has 2 aromatic heterocycles. The van der Waals surface area contributed by atoms with Crippen LogP contribution in [0.3, 0.4) is 0 Å². The molecule has 0 amide bonds. The van der Waals surface area contributed by atoms with Crippen molar-refractivity contribution in [3.05, 3.63) is 65.9 Å². The lowest BCUT2D eigenvalue weighted by Crippen LogP contribution is -2.81. The van der Waals surface area contributed by atoms with E-state index in [1.54, 1.807) is 23.0 Å². The molecule has 4 heterocycles. The summed E-state index contributed by atoms with van der Waals surface area (Å²) in [6.45, 7) is 2.39. The molecule has 0 spiro atoms. The molecule has 37 heavy (non-hydrogen) atoms. The topological polar surface area (TPSA) is 76.1 Å². The van der Waals surface area contributed by atoms with Gasteiger partial charge in [-0.2, -0.15) is 8.78 Å². The van der Waals surface area contributed by atoms with Crippen molar-refractivity contribution in [2.75, 3.05) is 18.0 Å². The van der Waals surface area contributed by atoms with Gasteiger partial charge in [0.15, 0.2) is 0 Å². The van der Waals surface area contributed by atoms with E-state index in [1.165, 1.54) is 31.0 Å². The van der Waals surface area contributed by atoms with Gasteiger partial charge in [-0.1, -0.05) is 29.8 Å². The van der Waals surface area contributed by atoms with Gasteiger partial charge in [0.25, 0.3) is 5.89 Å². The number of hydrogen-bond donors (Lipinski definition) is 0. The van der Waals surface area contributed by atoms with Crippen LogP contribution in [0.2, 0.25) is 0 Å². The molecule has 2 atom stereocenters. The average molecular weight is 508 g/mol. The fraction of sp³-hybridized carbons (Fsp3) is 0.385. The lowest BCUT2D eigenvalue weighted by molar-refractivity contribution is -0.0497. The second kappa shape index (κ2) is 8.69. The molecule has 1 saturated carbocycles. The highest BCUT2D eigenvalue weighted by atomic mass is 19.3. The number of halogens is 3. The zero-order chi connectivity index (χ0) is 25.1. The number of aromatic nitrogens is 5. The highest BCUT2D eigenvalue weighted by Gasteiger charge is 2.54. The number of hydrogen-bond acceptors (Lipinski definition) is 7. The van der Waals surface area contributed by atoms with Gasteiger partial charge in [0.1, 0.15) is 11.5 Å². The summed E-state index contributed by atoms with van der Waals surface area (Å²) in [6, 6.07) is 14.7. The Labute approximate surface area is 210 Å². The molecule has 2 aromatic carbocycles. The van der Waals surface area contributed by atoms with E-state index in [2.05, 4.69) is 42.4 Å². The van der Waals surface area contributed by atoms with E-state index < -0.39 is 18.1 Å². The molecule has 3 aliphatic rings. The largest absolute Gasteiger partial charge is 0.415 e. The highest BCUT2D eigenvalue weighted by Crippen LogP contribution is 2.42. The minimum absolute atomic E-state index is 0.158. The number of benzene rings is 2. The Morgan fingerprint density at radius 3 is 2.57 bits per heavy atom. The molecule has 8 nitrogen and oxygen atoms in total. The van der Waals surface area contributed by atoms with Crippen LogP contribution in [-0.4, -0.2) is 61.3 Å². The summed E-state index contributed by atoms with van der Waals surface area (Å²) in [7, 11) is 0. The number of piperazine rings is 1. The Bertz CT molecular complexity index is 1450. The maximum absolute atomic E-state index is 14.8. The Morgan fingerprint density at radius 2 is 1.86 bits per heavy atom. The van der Waals surface area contributed by atoms with Crippen molar-refractivity contribution < 1.29 is 17.6 Å². The summed E-state index contributed by atoms with van der Waals surface area (Å²) in [5.74, 6) is -1.48. The zero-order valence-electron chi connectivity index (χ0n) is 19.8. The van der Waals surface area contributed by atoms with Gasteiger partial charge in [-0.05, 0) is 37.1 Å². The fourth-order valence-corrected chi connectivity index (χ4v) is 5.50. The van der Waals surface area contributed by atoms with Crippen molar-refractivity contribution in [2.45, 2.75) is 50.4 Å². The molecule has 7 rings (SSSR count). The van der Waals surface area contributed by atoms with Crippen molar-refractivity contribution in [3.63, 3.8) is 0 Å². The molecule has 2 aliphatic heterocycles. The molecule has 2 saturated heterocycles. The van der Waals surface area contributed by atoms with E-state index in [9.17, 15) is 13.2 Å². The first-order chi connectivity index (χ1) is 18.0. The lowest BCUT2D eigenvalue weighted by atomic mass is 9.78. The average Bonchev–Trinajstić information content (AvgIpc) is 3.53. The van der Waals surface area contributed by atoms with E-state index in [0.717, 1.165) is 24.7 Å². The van der Waals surface area contributed by atoms with Crippen molar-refractivity contribution in [3.8, 4) is 22.7 Å². The number of anilines is 1. The first-order valence-electron chi connectivity index (χ1n) is 12.5. The predicted molar refractivity (Wildman–Crippen MR) is 128 cm³/mol. The Hall–Kier alpha value is -3.73. The van der Waals surface area contributed by atoms with Gasteiger partial charge < -0.3 is 9.32 Å². The van der Waals surface area contributed by atoms with Crippen LogP contribution in [0.15, 0.2) is 53.1 Å². The van der Waals surface area contributed by atoms with E-state index in [1.807, 2.05) is 12.1 Å². The quantitative estimate of drug-likeness (QED) is 0.363. The Balaban J connectivity index is 1.03. The van der Waals surface area contributed by atoms with E-state index in [4.69, 9.17) is 4.42 Å². The summed E-state index contributed by atoms with van der Waals surface area (Å²) in [6.07, 6.45) is 2.98. The summed E-state index contributed by atoms with van der Waals surface area (Å²) in [4.78, 5) is 5.15. The molecule has 0 radical (unpaired) electrons. The predicted octanol–water partition coefficient (Wildman–Crippen LogP) is 4.55. The first kappa shape index (κ1) is 22.5. The molecule has 0 N–H and O–H groups in total. The third-order valence-corrected chi connectivity index (χ3v) is 7.87. The normalized spacial score (nSPS) is 21.5. The number of rotatable bonds is 7. The van der Waals surface area contributed by atoms with Gasteiger partial charge in [-0.25, -0.2) is 9.07 Å². The minimum atomic E-state index is -2.88. The molecular weight excluding hydrogens is 483 g/mol. The fourth-order valence-electron chi connectivity index (χ4n) is 5.50. The smallest absolute Gasteiger partial charge is 0.314 e. The number of fused-ring (bicyclic) bond motifs is 1. The van der Waals surface area contributed by atoms with Gasteiger partial charge in [0.05, 0.1) is 18.8 Å². The van der Waals surface area contributed by atoms with Gasteiger partial charge in [0.2, 0.25) is 5.89 Å². The van der Waals surface area contributed by atoms with Crippen LogP contribution >= 0.6 is 0 Å². The molecular formula is C26H24F3N7O. The molecule has 0 bridgehead atoms. The van der Waals surface area contributed by atoms with Crippen molar-refractivity contribution in [1.29, 1.82) is 0 Å². The van der Waals surface area contributed by atoms with Crippen LogP contribution < -0.4 is 4.90 Å². The number of likely N-dealkylation sites (tertiary alicyclic amines) is 1. The molecule has 3 fully saturated rings. The molecule has 11 heteroatoms. The van der Waals surface area contributed by atoms with E-state index in [0.29, 0.717) is 23.3 Å². The van der Waals surface area contributed by atoms with Gasteiger partial charge in [-0.3, -0.25) is 4.90 Å². The molecule has 4 aromatic rings. The second-order valence-corrected chi connectivity index (χ2v) is 9.97. The summed E-state index contributed by atoms with van der Waals surface area (Å²) in [5, 5.41) is 15.3. The summed E-state index contributed by atoms with van der Waals surface area (Å²) in [5.41, 5.74) is 3.47. The van der Waals surface area contributed by atoms with Gasteiger partial charge in [-0.15, -0.1) is 15.3 Å². The van der Waals surface area contributed by atoms with E-state index >= 15 is 0 Å². The monoisotopic (exact) mass is 507 g/mol. The number of nitrogens with zero attached hydrogens (tertiary/aromatic N) is 7. The third-order valence-electron chi connectivity index (χ3n) is 7.87. The molecule has 190 valence electrons. The third kappa shape index (κ3) is 3.88. The maximum atomic E-state index is 14.8. The van der Waals surface area contributed by atoms with Crippen LogP contribution in [0.25, 0.3) is 22.7 Å². The Morgan fingerprint density at radius 1 is 0.973 bits per heavy atom. The Kier molecular flexibility index (Phi) is 5.27. The van der Waals surface area contributed by atoms with Crippen LogP contribution in [-0.2, 0) is 6.54 Å². The zero-order valence-corrected chi connectivity index (χ0v) is 19.8. The molecule has 1 aliphatic carbocycles. The second-order valence-electron chi connectivity index (χ2n) is 9.97. The number of alkyl halides is 2. The molecule has 1 unspecified atom stereocenters. The van der Waals surface area contributed by atoms with E-state index in [-0.39, 0.29) is 18.0 Å². The minimum Gasteiger partial charge on any atom is -0.415 e. The maximum Gasteiger partial charge on any atom is 0.314 e. The lowest BCUT2D eigenvalue weighted by Gasteiger charge is -2.66. The van der Waals surface area contributed by atoms with Crippen LogP contribution in [0, 0.1) is 5.82 Å². The SMILES string of the molecule is Fc1cc(-c2nnc(C(F)F)o2)ccc1Cn1cc(-c2cccc(N3CC4[C@H]3CN4C3CCC3)c2)nn1. The van der Waals surface area contributed by atoms with Gasteiger partial charge >= 0.3 is 6.43 Å². The van der Waals surface area contributed by atoms with Crippen LogP contribution in [0.4, 0.5) is 18.9 Å². The van der Waals surface area contributed by atoms with Crippen LogP contribution in [0.1, 0.15) is 37.1 Å². The van der Waals surface area contributed by atoms with Crippen molar-refractivity contribution >= 4 is 5.69 Å². The van der Waals surface area contributed by atoms with Crippen molar-refractivity contribution in [2.24, 2.45) is 0 Å². The van der Waals surface area contributed by atoms with Crippen molar-refractivity contribution in [1.82, 2.24) is 30.1 Å². The standard InChI is InChI=1S/C26H24F3N7O/c27-20-10-16(25-31-32-26(37-25)24(28)29)7-8-17(20)11-34-12-21(30-33-34)15-3-1-6-19(9-15)36-14-22-23(36)13-35(22)18-4-2-5-18/h1,3,6-10,12,18,22-24H,2,4-5,11,13-14H2/t22?,23-/m1/s1. The highest BCUT2D eigenvalue weighted by molar-refractivity contribution is 5.66. The first-order valence-corrected chi connectivity index (χ1v) is 12.5. The summed E-state index contributed by atoms with van der Waals surface area (Å²) < 4.78 is 46.6. The summed E-state index contributed by atoms with van der Waals surface area (Å²) >= 11 is 0. The van der Waals surface area contributed by atoms with Gasteiger partial charge in [0, 0.05) is 47.6 Å².